The number of aryl methyl sites for hydroxylation is 1. The van der Waals surface area contributed by atoms with Gasteiger partial charge in [-0.15, -0.1) is 0 Å². The summed E-state index contributed by atoms with van der Waals surface area (Å²) in [6.45, 7) is 3.15. The van der Waals surface area contributed by atoms with Crippen molar-refractivity contribution in [2.45, 2.75) is 20.0 Å². The number of aromatic nitrogens is 3. The van der Waals surface area contributed by atoms with Crippen LogP contribution in [0.4, 0.5) is 0 Å². The zero-order valence-corrected chi connectivity index (χ0v) is 10.6. The van der Waals surface area contributed by atoms with E-state index in [9.17, 15) is 0 Å². The largest absolute Gasteiger partial charge is 0.340 e. The van der Waals surface area contributed by atoms with Crippen LogP contribution in [0.5, 0.6) is 0 Å². The van der Waals surface area contributed by atoms with Gasteiger partial charge in [0.15, 0.2) is 5.82 Å². The molecule has 0 bridgehead atoms. The summed E-state index contributed by atoms with van der Waals surface area (Å²) in [6.07, 6.45) is 1.80. The molecule has 2 aromatic heterocycles. The lowest BCUT2D eigenvalue weighted by Crippen LogP contribution is -2.13. The zero-order valence-electron chi connectivity index (χ0n) is 10.6. The Labute approximate surface area is 110 Å². The predicted molar refractivity (Wildman–Crippen MR) is 71.3 cm³/mol. The third kappa shape index (κ3) is 2.77. The van der Waals surface area contributed by atoms with Gasteiger partial charge in [0.2, 0.25) is 5.89 Å². The van der Waals surface area contributed by atoms with Gasteiger partial charge in [-0.1, -0.05) is 17.3 Å². The van der Waals surface area contributed by atoms with E-state index in [2.05, 4.69) is 38.6 Å². The monoisotopic (exact) mass is 254 g/mol. The van der Waals surface area contributed by atoms with Crippen LogP contribution in [0.1, 0.15) is 17.3 Å². The topological polar surface area (TPSA) is 63.8 Å². The first-order valence-corrected chi connectivity index (χ1v) is 6.15. The van der Waals surface area contributed by atoms with Gasteiger partial charge in [0.25, 0.3) is 0 Å². The first-order valence-electron chi connectivity index (χ1n) is 6.15. The Hall–Kier alpha value is -2.27. The first-order chi connectivity index (χ1) is 9.31. The van der Waals surface area contributed by atoms with E-state index in [4.69, 9.17) is 4.52 Å². The highest BCUT2D eigenvalue weighted by atomic mass is 16.5. The molecule has 0 aliphatic rings. The summed E-state index contributed by atoms with van der Waals surface area (Å²) in [7, 11) is 0. The van der Waals surface area contributed by atoms with Crippen molar-refractivity contribution in [1.82, 2.24) is 20.4 Å². The van der Waals surface area contributed by atoms with Crippen molar-refractivity contribution in [2.75, 3.05) is 0 Å². The smallest absolute Gasteiger partial charge is 0.223 e. The number of hydrogen-bond donors (Lipinski definition) is 1. The van der Waals surface area contributed by atoms with Crippen LogP contribution in [-0.4, -0.2) is 15.1 Å². The molecule has 0 saturated carbocycles. The highest BCUT2D eigenvalue weighted by molar-refractivity contribution is 5.78. The van der Waals surface area contributed by atoms with Gasteiger partial charge in [-0.25, -0.2) is 0 Å². The van der Waals surface area contributed by atoms with Crippen LogP contribution in [0.15, 0.2) is 41.1 Å². The van der Waals surface area contributed by atoms with Gasteiger partial charge in [-0.2, -0.15) is 4.98 Å². The van der Waals surface area contributed by atoms with Crippen LogP contribution < -0.4 is 5.32 Å². The van der Waals surface area contributed by atoms with Crippen molar-refractivity contribution in [2.24, 2.45) is 0 Å². The zero-order chi connectivity index (χ0) is 13.1. The number of nitrogens with one attached hydrogen (secondary N) is 1. The first kappa shape index (κ1) is 11.8. The Morgan fingerprint density at radius 2 is 2.16 bits per heavy atom. The highest BCUT2D eigenvalue weighted by Crippen LogP contribution is 2.13. The van der Waals surface area contributed by atoms with E-state index >= 15 is 0 Å². The number of rotatable bonds is 4. The van der Waals surface area contributed by atoms with Crippen molar-refractivity contribution in [3.63, 3.8) is 0 Å². The molecule has 19 heavy (non-hydrogen) atoms. The summed E-state index contributed by atoms with van der Waals surface area (Å²) in [5.74, 6) is 1.27. The van der Waals surface area contributed by atoms with Crippen LogP contribution in [0, 0.1) is 6.92 Å². The van der Waals surface area contributed by atoms with Crippen molar-refractivity contribution < 1.29 is 4.52 Å². The second kappa shape index (κ2) is 5.16. The maximum absolute atomic E-state index is 4.92. The molecule has 3 rings (SSSR count). The second-order valence-corrected chi connectivity index (χ2v) is 4.36. The van der Waals surface area contributed by atoms with Crippen LogP contribution in [-0.2, 0) is 13.1 Å². The van der Waals surface area contributed by atoms with Gasteiger partial charge in [-0.3, -0.25) is 4.98 Å². The summed E-state index contributed by atoms with van der Waals surface area (Å²) in [5, 5.41) is 8.28. The number of fused-ring (bicyclic) bond motifs is 1. The third-order valence-electron chi connectivity index (χ3n) is 2.85. The van der Waals surface area contributed by atoms with Gasteiger partial charge in [0.05, 0.1) is 12.1 Å². The molecule has 96 valence electrons. The quantitative estimate of drug-likeness (QED) is 0.773. The maximum atomic E-state index is 4.92. The molecule has 0 saturated heterocycles. The van der Waals surface area contributed by atoms with Crippen LogP contribution in [0.2, 0.25) is 0 Å². The molecule has 0 radical (unpaired) electrons. The molecule has 1 N–H and O–H groups in total. The van der Waals surface area contributed by atoms with Gasteiger partial charge >= 0.3 is 0 Å². The Morgan fingerprint density at radius 3 is 3.00 bits per heavy atom. The average molecular weight is 254 g/mol. The molecule has 0 atom stereocenters. The van der Waals surface area contributed by atoms with Crippen LogP contribution in [0.3, 0.4) is 0 Å². The third-order valence-corrected chi connectivity index (χ3v) is 2.85. The minimum absolute atomic E-state index is 0.591. The normalized spacial score (nSPS) is 11.0. The molecule has 5 heteroatoms. The molecule has 5 nitrogen and oxygen atoms in total. The molecule has 0 amide bonds. The maximum Gasteiger partial charge on any atom is 0.223 e. The average Bonchev–Trinajstić information content (AvgIpc) is 2.84. The summed E-state index contributed by atoms with van der Waals surface area (Å²) in [5.41, 5.74) is 2.22. The van der Waals surface area contributed by atoms with Crippen molar-refractivity contribution in [1.29, 1.82) is 0 Å². The predicted octanol–water partition coefficient (Wildman–Crippen LogP) is 2.22. The van der Waals surface area contributed by atoms with Gasteiger partial charge in [0, 0.05) is 25.1 Å². The number of hydrogen-bond acceptors (Lipinski definition) is 5. The SMILES string of the molecule is Cc1nc(CNCc2ccc3ncccc3c2)no1. The van der Waals surface area contributed by atoms with Crippen molar-refractivity contribution in [3.05, 3.63) is 53.8 Å². The standard InChI is InChI=1S/C14H14N4O/c1-10-17-14(18-19-10)9-15-8-11-4-5-13-12(7-11)3-2-6-16-13/h2-7,15H,8-9H2,1H3. The lowest BCUT2D eigenvalue weighted by atomic mass is 10.1. The van der Waals surface area contributed by atoms with Gasteiger partial charge in [-0.05, 0) is 23.8 Å². The fraction of sp³-hybridized carbons (Fsp3) is 0.214. The molecular formula is C14H14N4O. The summed E-state index contributed by atoms with van der Waals surface area (Å²) >= 11 is 0. The van der Waals surface area contributed by atoms with Crippen molar-refractivity contribution >= 4 is 10.9 Å². The van der Waals surface area contributed by atoms with E-state index in [1.54, 1.807) is 13.1 Å². The molecule has 3 aromatic rings. The van der Waals surface area contributed by atoms with Gasteiger partial charge < -0.3 is 9.84 Å². The molecule has 2 heterocycles. The van der Waals surface area contributed by atoms with E-state index in [1.165, 1.54) is 5.56 Å². The Bertz CT molecular complexity index is 692. The van der Waals surface area contributed by atoms with E-state index in [0.29, 0.717) is 18.3 Å². The van der Waals surface area contributed by atoms with Crippen LogP contribution >= 0.6 is 0 Å². The van der Waals surface area contributed by atoms with E-state index in [-0.39, 0.29) is 0 Å². The highest BCUT2D eigenvalue weighted by Gasteiger charge is 2.02. The minimum Gasteiger partial charge on any atom is -0.340 e. The molecular weight excluding hydrogens is 240 g/mol. The molecule has 1 aromatic carbocycles. The van der Waals surface area contributed by atoms with E-state index in [0.717, 1.165) is 17.4 Å². The molecule has 0 aliphatic carbocycles. The molecule has 0 fully saturated rings. The molecule has 0 unspecified atom stereocenters. The van der Waals surface area contributed by atoms with E-state index in [1.807, 2.05) is 12.1 Å². The molecule has 0 aliphatic heterocycles. The van der Waals surface area contributed by atoms with E-state index < -0.39 is 0 Å². The minimum atomic E-state index is 0.591. The summed E-state index contributed by atoms with van der Waals surface area (Å²) in [6, 6.07) is 10.3. The Kier molecular flexibility index (Phi) is 3.20. The number of nitrogens with zero attached hydrogens (tertiary/aromatic N) is 3. The second-order valence-electron chi connectivity index (χ2n) is 4.36. The lowest BCUT2D eigenvalue weighted by molar-refractivity contribution is 0.385. The number of benzene rings is 1. The fourth-order valence-corrected chi connectivity index (χ4v) is 1.97. The van der Waals surface area contributed by atoms with Crippen LogP contribution in [0.25, 0.3) is 10.9 Å². The molecule has 0 spiro atoms. The summed E-state index contributed by atoms with van der Waals surface area (Å²) < 4.78 is 4.92. The van der Waals surface area contributed by atoms with Crippen molar-refractivity contribution in [3.8, 4) is 0 Å². The fourth-order valence-electron chi connectivity index (χ4n) is 1.97. The lowest BCUT2D eigenvalue weighted by Gasteiger charge is -2.04. The summed E-state index contributed by atoms with van der Waals surface area (Å²) in [4.78, 5) is 8.44. The number of pyridine rings is 1. The van der Waals surface area contributed by atoms with Gasteiger partial charge in [0.1, 0.15) is 0 Å². The Balaban J connectivity index is 1.65. The Morgan fingerprint density at radius 1 is 1.21 bits per heavy atom.